The molecule has 0 aromatic carbocycles. The molecule has 2 heterocycles. The van der Waals surface area contributed by atoms with E-state index in [4.69, 9.17) is 4.42 Å². The zero-order valence-electron chi connectivity index (χ0n) is 9.62. The molecule has 2 heteroatoms. The fourth-order valence-electron chi connectivity index (χ4n) is 2.91. The summed E-state index contributed by atoms with van der Waals surface area (Å²) in [5, 5.41) is 3.43. The second-order valence-corrected chi connectivity index (χ2v) is 4.69. The van der Waals surface area contributed by atoms with Gasteiger partial charge in [0.25, 0.3) is 0 Å². The summed E-state index contributed by atoms with van der Waals surface area (Å²) in [5.41, 5.74) is 5.60. The van der Waals surface area contributed by atoms with Crippen molar-refractivity contribution >= 4 is 0 Å². The van der Waals surface area contributed by atoms with Gasteiger partial charge in [0.05, 0.1) is 12.5 Å². The van der Waals surface area contributed by atoms with Gasteiger partial charge in [0, 0.05) is 5.56 Å². The van der Waals surface area contributed by atoms with E-state index in [9.17, 15) is 0 Å². The lowest BCUT2D eigenvalue weighted by atomic mass is 9.87. The summed E-state index contributed by atoms with van der Waals surface area (Å²) in [6, 6.07) is 4.36. The largest absolute Gasteiger partial charge is 0.472 e. The molecule has 0 amide bonds. The number of nitrogens with one attached hydrogen (secondary N) is 1. The van der Waals surface area contributed by atoms with Crippen molar-refractivity contribution in [3.8, 4) is 11.1 Å². The van der Waals surface area contributed by atoms with Crippen LogP contribution in [-0.4, -0.2) is 13.1 Å². The molecule has 2 nitrogen and oxygen atoms in total. The first kappa shape index (κ1) is 9.91. The maximum absolute atomic E-state index is 5.23. The molecule has 0 atom stereocenters. The van der Waals surface area contributed by atoms with Crippen molar-refractivity contribution < 1.29 is 4.42 Å². The Kier molecular flexibility index (Phi) is 2.44. The minimum atomic E-state index is 0.723. The van der Waals surface area contributed by atoms with E-state index in [1.54, 1.807) is 11.8 Å². The Morgan fingerprint density at radius 2 is 2.12 bits per heavy atom. The molecular formula is C14H17NO. The lowest BCUT2D eigenvalue weighted by molar-refractivity contribution is 0.460. The predicted molar refractivity (Wildman–Crippen MR) is 64.9 cm³/mol. The van der Waals surface area contributed by atoms with E-state index < -0.39 is 0 Å². The van der Waals surface area contributed by atoms with E-state index in [2.05, 4.69) is 24.4 Å². The van der Waals surface area contributed by atoms with Crippen LogP contribution in [0.2, 0.25) is 0 Å². The standard InChI is InChI=1S/C14H17NO/c1-10-8-12-9-16-7-4-13(12)14(10)11-2-5-15-6-3-11/h4,7-9,11,15H,2-3,5-6H2,1H3. The topological polar surface area (TPSA) is 25.2 Å². The summed E-state index contributed by atoms with van der Waals surface area (Å²) in [6.45, 7) is 4.51. The van der Waals surface area contributed by atoms with Gasteiger partial charge < -0.3 is 9.73 Å². The third-order valence-corrected chi connectivity index (χ3v) is 3.65. The highest BCUT2D eigenvalue weighted by Gasteiger charge is 2.23. The number of hydrogen-bond donors (Lipinski definition) is 1. The zero-order valence-corrected chi connectivity index (χ0v) is 9.62. The van der Waals surface area contributed by atoms with E-state index in [0.29, 0.717) is 0 Å². The molecule has 0 radical (unpaired) electrons. The quantitative estimate of drug-likeness (QED) is 0.790. The fourth-order valence-corrected chi connectivity index (χ4v) is 2.91. The number of aryl methyl sites for hydroxylation is 1. The van der Waals surface area contributed by atoms with E-state index in [1.165, 1.54) is 29.5 Å². The SMILES string of the molecule is Cc1cc2coccc-2c1C1CCNCC1. The van der Waals surface area contributed by atoms with Crippen LogP contribution in [0.3, 0.4) is 0 Å². The van der Waals surface area contributed by atoms with Crippen molar-refractivity contribution in [2.45, 2.75) is 25.7 Å². The lowest BCUT2D eigenvalue weighted by Crippen LogP contribution is -2.26. The minimum absolute atomic E-state index is 0.723. The van der Waals surface area contributed by atoms with Crippen molar-refractivity contribution in [3.05, 3.63) is 35.8 Å². The molecule has 1 saturated heterocycles. The van der Waals surface area contributed by atoms with Gasteiger partial charge in [-0.05, 0) is 67.6 Å². The summed E-state index contributed by atoms with van der Waals surface area (Å²) in [4.78, 5) is 0. The van der Waals surface area contributed by atoms with Crippen LogP contribution in [0.4, 0.5) is 0 Å². The number of hydrogen-bond acceptors (Lipinski definition) is 2. The third kappa shape index (κ3) is 1.54. The van der Waals surface area contributed by atoms with E-state index in [-0.39, 0.29) is 0 Å². The van der Waals surface area contributed by atoms with E-state index in [1.807, 2.05) is 6.26 Å². The van der Waals surface area contributed by atoms with Crippen LogP contribution in [0, 0.1) is 6.92 Å². The molecule has 0 saturated carbocycles. The van der Waals surface area contributed by atoms with Crippen LogP contribution in [0.15, 0.2) is 29.1 Å². The number of piperidine rings is 1. The van der Waals surface area contributed by atoms with Gasteiger partial charge in [-0.25, -0.2) is 0 Å². The van der Waals surface area contributed by atoms with Gasteiger partial charge in [0.2, 0.25) is 0 Å². The molecule has 2 aliphatic heterocycles. The molecule has 0 aromatic heterocycles. The molecule has 0 aromatic rings. The van der Waals surface area contributed by atoms with Crippen LogP contribution in [-0.2, 0) is 0 Å². The second-order valence-electron chi connectivity index (χ2n) is 4.69. The Hall–Kier alpha value is -1.28. The van der Waals surface area contributed by atoms with Crippen LogP contribution in [0.25, 0.3) is 11.1 Å². The van der Waals surface area contributed by atoms with Gasteiger partial charge in [-0.15, -0.1) is 0 Å². The smallest absolute Gasteiger partial charge is 0.0980 e. The average Bonchev–Trinajstić information content (AvgIpc) is 2.66. The Morgan fingerprint density at radius 1 is 1.31 bits per heavy atom. The van der Waals surface area contributed by atoms with Crippen molar-refractivity contribution in [3.63, 3.8) is 0 Å². The van der Waals surface area contributed by atoms with Gasteiger partial charge >= 0.3 is 0 Å². The Morgan fingerprint density at radius 3 is 2.94 bits per heavy atom. The van der Waals surface area contributed by atoms with Crippen LogP contribution in [0.5, 0.6) is 0 Å². The monoisotopic (exact) mass is 215 g/mol. The summed E-state index contributed by atoms with van der Waals surface area (Å²) in [5.74, 6) is 0.723. The molecule has 16 heavy (non-hydrogen) atoms. The Labute approximate surface area is 96.0 Å². The highest BCUT2D eigenvalue weighted by atomic mass is 16.3. The predicted octanol–water partition coefficient (Wildman–Crippen LogP) is 3.16. The van der Waals surface area contributed by atoms with Crippen molar-refractivity contribution in [2.75, 3.05) is 13.1 Å². The normalized spacial score (nSPS) is 18.1. The highest BCUT2D eigenvalue weighted by molar-refractivity contribution is 5.73. The van der Waals surface area contributed by atoms with Crippen LogP contribution < -0.4 is 5.32 Å². The van der Waals surface area contributed by atoms with E-state index in [0.717, 1.165) is 19.0 Å². The molecule has 1 N–H and O–H groups in total. The molecule has 0 spiro atoms. The summed E-state index contributed by atoms with van der Waals surface area (Å²) in [6.07, 6.45) is 6.15. The van der Waals surface area contributed by atoms with Gasteiger partial charge in [-0.1, -0.05) is 0 Å². The first-order valence-corrected chi connectivity index (χ1v) is 6.02. The van der Waals surface area contributed by atoms with Gasteiger partial charge in [-0.2, -0.15) is 0 Å². The van der Waals surface area contributed by atoms with Crippen LogP contribution >= 0.6 is 0 Å². The summed E-state index contributed by atoms with van der Waals surface area (Å²) >= 11 is 0. The first-order valence-electron chi connectivity index (χ1n) is 6.02. The average molecular weight is 215 g/mol. The van der Waals surface area contributed by atoms with Crippen LogP contribution in [0.1, 0.15) is 29.9 Å². The maximum atomic E-state index is 5.23. The molecular weight excluding hydrogens is 198 g/mol. The molecule has 1 fully saturated rings. The second kappa shape index (κ2) is 3.95. The minimum Gasteiger partial charge on any atom is -0.472 e. The fraction of sp³-hybridized carbons (Fsp3) is 0.429. The van der Waals surface area contributed by atoms with Gasteiger partial charge in [0.15, 0.2) is 0 Å². The molecule has 0 bridgehead atoms. The van der Waals surface area contributed by atoms with Gasteiger partial charge in [0.1, 0.15) is 0 Å². The van der Waals surface area contributed by atoms with Crippen molar-refractivity contribution in [1.29, 1.82) is 0 Å². The number of rotatable bonds is 1. The van der Waals surface area contributed by atoms with Gasteiger partial charge in [-0.3, -0.25) is 0 Å². The highest BCUT2D eigenvalue weighted by Crippen LogP contribution is 2.39. The first-order chi connectivity index (χ1) is 7.86. The molecule has 1 aliphatic carbocycles. The zero-order chi connectivity index (χ0) is 11.0. The maximum Gasteiger partial charge on any atom is 0.0980 e. The Balaban J connectivity index is 2.05. The third-order valence-electron chi connectivity index (χ3n) is 3.65. The Bertz CT molecular complexity index is 454. The molecule has 0 unspecified atom stereocenters. The van der Waals surface area contributed by atoms with E-state index >= 15 is 0 Å². The lowest BCUT2D eigenvalue weighted by Gasteiger charge is -2.24. The molecule has 3 rings (SSSR count). The summed E-state index contributed by atoms with van der Waals surface area (Å²) in [7, 11) is 0. The van der Waals surface area contributed by atoms with Crippen molar-refractivity contribution in [1.82, 2.24) is 5.32 Å². The number of fused-ring (bicyclic) bond motifs is 1. The molecule has 3 aliphatic rings. The van der Waals surface area contributed by atoms with Crippen molar-refractivity contribution in [2.24, 2.45) is 0 Å². The summed E-state index contributed by atoms with van der Waals surface area (Å²) < 4.78 is 5.23. The molecule has 84 valence electrons.